The van der Waals surface area contributed by atoms with Crippen LogP contribution in [0.25, 0.3) is 10.9 Å². The van der Waals surface area contributed by atoms with Crippen molar-refractivity contribution in [2.24, 2.45) is 0 Å². The number of benzene rings is 1. The van der Waals surface area contributed by atoms with E-state index < -0.39 is 17.4 Å². The van der Waals surface area contributed by atoms with Crippen LogP contribution in [0.4, 0.5) is 4.39 Å². The summed E-state index contributed by atoms with van der Waals surface area (Å²) in [5.41, 5.74) is -0.492. The Balaban J connectivity index is 2.80. The maximum atomic E-state index is 13.3. The Hall–Kier alpha value is -2.15. The lowest BCUT2D eigenvalue weighted by Crippen LogP contribution is -2.08. The lowest BCUT2D eigenvalue weighted by molar-refractivity contribution is 0.436. The van der Waals surface area contributed by atoms with Gasteiger partial charge in [0, 0.05) is 0 Å². The van der Waals surface area contributed by atoms with E-state index in [9.17, 15) is 9.18 Å². The van der Waals surface area contributed by atoms with Crippen LogP contribution in [0.3, 0.4) is 0 Å². The summed E-state index contributed by atoms with van der Waals surface area (Å²) in [5.74, 6) is 1.47. The highest BCUT2D eigenvalue weighted by atomic mass is 19.1. The first-order valence-electron chi connectivity index (χ1n) is 4.69. The van der Waals surface area contributed by atoms with E-state index in [0.29, 0.717) is 0 Å². The van der Waals surface area contributed by atoms with Crippen molar-refractivity contribution < 1.29 is 8.81 Å². The third-order valence-electron chi connectivity index (χ3n) is 2.24. The van der Waals surface area contributed by atoms with Crippen LogP contribution < -0.4 is 5.63 Å². The average molecular weight is 217 g/mol. The Bertz CT molecular complexity index is 639. The number of aromatic nitrogens is 1. The maximum absolute atomic E-state index is 13.3. The molecule has 2 rings (SSSR count). The predicted octanol–water partition coefficient (Wildman–Crippen LogP) is 2.06. The summed E-state index contributed by atoms with van der Waals surface area (Å²) in [5, 5.41) is -0.143. The van der Waals surface area contributed by atoms with Crippen LogP contribution in [0, 0.1) is 18.2 Å². The number of hydrogen-bond acceptors (Lipinski definition) is 3. The Morgan fingerprint density at radius 3 is 3.00 bits per heavy atom. The molecule has 4 heteroatoms. The minimum Gasteiger partial charge on any atom is -0.406 e. The lowest BCUT2D eigenvalue weighted by Gasteiger charge is -2.03. The molecule has 0 aliphatic carbocycles. The van der Waals surface area contributed by atoms with Crippen molar-refractivity contribution >= 4 is 10.9 Å². The molecular formula is C12H8FNO2. The minimum absolute atomic E-state index is 0.130. The molecule has 0 unspecified atom stereocenters. The van der Waals surface area contributed by atoms with Crippen LogP contribution in [0.15, 0.2) is 27.4 Å². The Kier molecular flexibility index (Phi) is 2.45. The molecule has 0 spiro atoms. The molecule has 1 aromatic carbocycles. The van der Waals surface area contributed by atoms with E-state index in [1.54, 1.807) is 13.0 Å². The van der Waals surface area contributed by atoms with Crippen molar-refractivity contribution in [3.63, 3.8) is 0 Å². The van der Waals surface area contributed by atoms with Gasteiger partial charge in [0.15, 0.2) is 0 Å². The highest BCUT2D eigenvalue weighted by Crippen LogP contribution is 2.16. The molecule has 0 fully saturated rings. The first-order chi connectivity index (χ1) is 7.63. The van der Waals surface area contributed by atoms with Crippen molar-refractivity contribution in [1.29, 1.82) is 0 Å². The molecule has 0 aliphatic heterocycles. The number of nitrogens with zero attached hydrogens (tertiary/aromatic N) is 1. The van der Waals surface area contributed by atoms with Gasteiger partial charge in [0.1, 0.15) is 11.2 Å². The number of halogens is 1. The topological polar surface area (TPSA) is 43.1 Å². The zero-order valence-electron chi connectivity index (χ0n) is 8.53. The molecule has 0 saturated carbocycles. The second kappa shape index (κ2) is 3.78. The largest absolute Gasteiger partial charge is 0.406 e. The van der Waals surface area contributed by atoms with E-state index in [0.717, 1.165) is 0 Å². The molecule has 3 nitrogen and oxygen atoms in total. The normalized spacial score (nSPS) is 12.3. The van der Waals surface area contributed by atoms with Crippen molar-refractivity contribution in [1.82, 2.24) is 4.98 Å². The van der Waals surface area contributed by atoms with Gasteiger partial charge in [-0.25, -0.2) is 14.2 Å². The monoisotopic (exact) mass is 217 g/mol. The summed E-state index contributed by atoms with van der Waals surface area (Å²) in [6.45, 7) is 1.68. The SMILES string of the molecule is C#C[C@@H](C)c1nc2cccc(F)c2c(=O)o1. The summed E-state index contributed by atoms with van der Waals surface area (Å²) < 4.78 is 18.2. The molecule has 0 amide bonds. The summed E-state index contributed by atoms with van der Waals surface area (Å²) in [6.07, 6.45) is 5.20. The third kappa shape index (κ3) is 1.57. The van der Waals surface area contributed by atoms with Crippen LogP contribution in [0.2, 0.25) is 0 Å². The van der Waals surface area contributed by atoms with E-state index >= 15 is 0 Å². The molecule has 0 N–H and O–H groups in total. The summed E-state index contributed by atoms with van der Waals surface area (Å²) >= 11 is 0. The van der Waals surface area contributed by atoms with Crippen LogP contribution in [0.1, 0.15) is 18.7 Å². The standard InChI is InChI=1S/C12H8FNO2/c1-3-7(2)11-14-9-6-4-5-8(13)10(9)12(15)16-11/h1,4-7H,2H3/t7-/m1/s1. The van der Waals surface area contributed by atoms with Crippen LogP contribution >= 0.6 is 0 Å². The number of fused-ring (bicyclic) bond motifs is 1. The first kappa shape index (κ1) is 10.4. The minimum atomic E-state index is -0.750. The fraction of sp³-hybridized carbons (Fsp3) is 0.167. The van der Waals surface area contributed by atoms with Gasteiger partial charge in [-0.2, -0.15) is 0 Å². The van der Waals surface area contributed by atoms with Gasteiger partial charge in [-0.05, 0) is 19.1 Å². The first-order valence-corrected chi connectivity index (χ1v) is 4.69. The van der Waals surface area contributed by atoms with Gasteiger partial charge in [0.2, 0.25) is 5.89 Å². The molecule has 0 bridgehead atoms. The molecule has 0 saturated heterocycles. The average Bonchev–Trinajstić information content (AvgIpc) is 2.27. The van der Waals surface area contributed by atoms with Gasteiger partial charge in [-0.15, -0.1) is 6.42 Å². The highest BCUT2D eigenvalue weighted by molar-refractivity contribution is 5.77. The molecule has 1 atom stereocenters. The maximum Gasteiger partial charge on any atom is 0.349 e. The highest BCUT2D eigenvalue weighted by Gasteiger charge is 2.13. The fourth-order valence-corrected chi connectivity index (χ4v) is 1.35. The molecule has 1 heterocycles. The van der Waals surface area contributed by atoms with E-state index in [1.807, 2.05) is 0 Å². The molecule has 80 valence electrons. The number of rotatable bonds is 1. The van der Waals surface area contributed by atoms with Crippen molar-refractivity contribution in [3.8, 4) is 12.3 Å². The molecular weight excluding hydrogens is 209 g/mol. The smallest absolute Gasteiger partial charge is 0.349 e. The Labute approximate surface area is 90.9 Å². The predicted molar refractivity (Wildman–Crippen MR) is 57.5 cm³/mol. The van der Waals surface area contributed by atoms with E-state index in [-0.39, 0.29) is 16.8 Å². The lowest BCUT2D eigenvalue weighted by atomic mass is 10.2. The quantitative estimate of drug-likeness (QED) is 0.687. The van der Waals surface area contributed by atoms with E-state index in [4.69, 9.17) is 10.8 Å². The summed E-state index contributed by atoms with van der Waals surface area (Å²) in [6, 6.07) is 4.21. The van der Waals surface area contributed by atoms with Crippen LogP contribution in [-0.4, -0.2) is 4.98 Å². The molecule has 16 heavy (non-hydrogen) atoms. The number of hydrogen-bond donors (Lipinski definition) is 0. The van der Waals surface area contributed by atoms with Gasteiger partial charge in [-0.1, -0.05) is 12.0 Å². The molecule has 0 radical (unpaired) electrons. The van der Waals surface area contributed by atoms with Gasteiger partial charge in [0.05, 0.1) is 11.4 Å². The molecule has 0 aliphatic rings. The second-order valence-corrected chi connectivity index (χ2v) is 3.36. The summed E-state index contributed by atoms with van der Waals surface area (Å²) in [4.78, 5) is 15.5. The van der Waals surface area contributed by atoms with Gasteiger partial charge < -0.3 is 4.42 Å². The van der Waals surface area contributed by atoms with Gasteiger partial charge in [0.25, 0.3) is 0 Å². The zero-order chi connectivity index (χ0) is 11.7. The number of terminal acetylenes is 1. The Morgan fingerprint density at radius 1 is 1.56 bits per heavy atom. The van der Waals surface area contributed by atoms with Crippen molar-refractivity contribution in [3.05, 3.63) is 40.3 Å². The third-order valence-corrected chi connectivity index (χ3v) is 2.24. The van der Waals surface area contributed by atoms with Crippen molar-refractivity contribution in [2.45, 2.75) is 12.8 Å². The van der Waals surface area contributed by atoms with Crippen molar-refractivity contribution in [2.75, 3.05) is 0 Å². The second-order valence-electron chi connectivity index (χ2n) is 3.36. The zero-order valence-corrected chi connectivity index (χ0v) is 8.53. The fourth-order valence-electron chi connectivity index (χ4n) is 1.35. The van der Waals surface area contributed by atoms with E-state index in [1.165, 1.54) is 12.1 Å². The van der Waals surface area contributed by atoms with E-state index in [2.05, 4.69) is 10.9 Å². The van der Waals surface area contributed by atoms with Crippen LogP contribution in [-0.2, 0) is 0 Å². The molecule has 1 aromatic heterocycles. The Morgan fingerprint density at radius 2 is 2.31 bits per heavy atom. The molecule has 2 aromatic rings. The van der Waals surface area contributed by atoms with Gasteiger partial charge >= 0.3 is 5.63 Å². The summed E-state index contributed by atoms with van der Waals surface area (Å²) in [7, 11) is 0. The van der Waals surface area contributed by atoms with Gasteiger partial charge in [-0.3, -0.25) is 0 Å². The van der Waals surface area contributed by atoms with Crippen LogP contribution in [0.5, 0.6) is 0 Å².